The van der Waals surface area contributed by atoms with Crippen LogP contribution in [0.5, 0.6) is 0 Å². The maximum Gasteiger partial charge on any atom is 0.272 e. The first-order valence-electron chi connectivity index (χ1n) is 13.1. The molecule has 3 atom stereocenters. The predicted molar refractivity (Wildman–Crippen MR) is 151 cm³/mol. The van der Waals surface area contributed by atoms with Gasteiger partial charge in [-0.1, -0.05) is 42.5 Å². The van der Waals surface area contributed by atoms with Gasteiger partial charge in [-0.2, -0.15) is 5.10 Å². The Morgan fingerprint density at radius 2 is 1.87 bits per heavy atom. The monoisotopic (exact) mass is 503 g/mol. The van der Waals surface area contributed by atoms with Crippen molar-refractivity contribution in [2.24, 2.45) is 11.7 Å². The van der Waals surface area contributed by atoms with Gasteiger partial charge in [0.05, 0.1) is 22.9 Å². The number of amides is 1. The van der Waals surface area contributed by atoms with E-state index in [-0.39, 0.29) is 11.8 Å². The van der Waals surface area contributed by atoms with E-state index in [1.165, 1.54) is 11.1 Å². The second kappa shape index (κ2) is 8.50. The molecule has 1 saturated carbocycles. The number of allylic oxidation sites excluding steroid dienone is 2. The van der Waals surface area contributed by atoms with Crippen LogP contribution in [0.3, 0.4) is 0 Å². The minimum Gasteiger partial charge on any atom is -0.334 e. The molecular weight excluding hydrogens is 470 g/mol. The van der Waals surface area contributed by atoms with Crippen molar-refractivity contribution in [3.63, 3.8) is 0 Å². The summed E-state index contributed by atoms with van der Waals surface area (Å²) in [6.45, 7) is 13.5. The molecule has 3 heterocycles. The number of hydrogen-bond donors (Lipinski definition) is 1. The Bertz CT molecular complexity index is 1630. The number of carbonyl (C=O) groups excluding carboxylic acids is 1. The summed E-state index contributed by atoms with van der Waals surface area (Å²) in [6, 6.07) is 16.6. The zero-order valence-corrected chi connectivity index (χ0v) is 22.4. The Hall–Kier alpha value is -4.03. The lowest BCUT2D eigenvalue weighted by Crippen LogP contribution is -2.40. The number of likely N-dealkylation sites (tertiary alicyclic amines) is 1. The molecular formula is C32H33N5O. The topological polar surface area (TPSA) is 77.0 Å². The maximum absolute atomic E-state index is 13.6. The summed E-state index contributed by atoms with van der Waals surface area (Å²) in [5.41, 5.74) is 14.2. The van der Waals surface area contributed by atoms with Gasteiger partial charge in [-0.05, 0) is 80.3 Å². The third-order valence-corrected chi connectivity index (χ3v) is 8.57. The molecule has 192 valence electrons. The molecule has 2 N–H and O–H groups in total. The van der Waals surface area contributed by atoms with Gasteiger partial charge in [-0.25, -0.2) is 4.68 Å². The van der Waals surface area contributed by atoms with Gasteiger partial charge in [0, 0.05) is 36.0 Å². The predicted octanol–water partition coefficient (Wildman–Crippen LogP) is 5.20. The minimum absolute atomic E-state index is 0.0448. The smallest absolute Gasteiger partial charge is 0.272 e. The third-order valence-electron chi connectivity index (χ3n) is 8.57. The van der Waals surface area contributed by atoms with Crippen molar-refractivity contribution >= 4 is 16.8 Å². The average Bonchev–Trinajstić information content (AvgIpc) is 3.13. The van der Waals surface area contributed by atoms with Crippen molar-refractivity contribution in [3.05, 3.63) is 113 Å². The number of carbonyl (C=O) groups is 1. The first kappa shape index (κ1) is 24.3. The molecule has 1 saturated heterocycles. The Morgan fingerprint density at radius 3 is 2.58 bits per heavy atom. The van der Waals surface area contributed by atoms with Gasteiger partial charge in [-0.3, -0.25) is 9.78 Å². The number of fused-ring (bicyclic) bond motifs is 2. The van der Waals surface area contributed by atoms with E-state index in [1.807, 2.05) is 47.8 Å². The standard InChI is InChI=1S/C32H33N5O/c1-6-8-22(4)29-31(18-36(19-32(29,31)33)30(38)28-21(3)9-7-14-34-28)26-16-24-17-35-37(27(24)15-23(26)5)25-12-10-20(2)11-13-25/h6-17,29H,4,18-19,33H2,1-3,5H3/b8-6-. The fourth-order valence-electron chi connectivity index (χ4n) is 6.77. The molecule has 1 aliphatic heterocycles. The average molecular weight is 504 g/mol. The first-order chi connectivity index (χ1) is 18.2. The molecule has 3 unspecified atom stereocenters. The van der Waals surface area contributed by atoms with Crippen LogP contribution in [-0.4, -0.2) is 44.2 Å². The van der Waals surface area contributed by atoms with Crippen LogP contribution in [0.2, 0.25) is 0 Å². The summed E-state index contributed by atoms with van der Waals surface area (Å²) in [5.74, 6) is -0.0239. The molecule has 0 bridgehead atoms. The Kier molecular flexibility index (Phi) is 5.44. The van der Waals surface area contributed by atoms with E-state index in [9.17, 15) is 4.79 Å². The number of aromatic nitrogens is 3. The Balaban J connectivity index is 1.45. The highest BCUT2D eigenvalue weighted by atomic mass is 16.2. The molecule has 2 aromatic carbocycles. The molecule has 2 aliphatic rings. The normalized spacial score (nSPS) is 24.2. The highest BCUT2D eigenvalue weighted by Crippen LogP contribution is 2.69. The Morgan fingerprint density at radius 1 is 1.11 bits per heavy atom. The lowest BCUT2D eigenvalue weighted by atomic mass is 9.86. The number of pyridine rings is 1. The van der Waals surface area contributed by atoms with Crippen LogP contribution in [0.4, 0.5) is 0 Å². The summed E-state index contributed by atoms with van der Waals surface area (Å²) in [6.07, 6.45) is 7.65. The van der Waals surface area contributed by atoms with Crippen molar-refractivity contribution < 1.29 is 4.79 Å². The number of benzene rings is 2. The van der Waals surface area contributed by atoms with Crippen LogP contribution in [0, 0.1) is 26.7 Å². The summed E-state index contributed by atoms with van der Waals surface area (Å²) >= 11 is 0. The van der Waals surface area contributed by atoms with Crippen LogP contribution in [0.25, 0.3) is 16.6 Å². The largest absolute Gasteiger partial charge is 0.334 e. The molecule has 6 rings (SSSR count). The van der Waals surface area contributed by atoms with Crippen LogP contribution in [-0.2, 0) is 5.41 Å². The van der Waals surface area contributed by atoms with Crippen molar-refractivity contribution in [1.29, 1.82) is 0 Å². The number of piperidine rings is 1. The number of nitrogens with two attached hydrogens (primary N) is 1. The van der Waals surface area contributed by atoms with Crippen molar-refractivity contribution in [2.45, 2.75) is 38.6 Å². The minimum atomic E-state index is -0.604. The number of aryl methyl sites for hydroxylation is 3. The molecule has 0 radical (unpaired) electrons. The quantitative estimate of drug-likeness (QED) is 0.380. The van der Waals surface area contributed by atoms with E-state index < -0.39 is 11.0 Å². The van der Waals surface area contributed by atoms with E-state index in [0.717, 1.165) is 33.3 Å². The highest BCUT2D eigenvalue weighted by molar-refractivity contribution is 5.95. The summed E-state index contributed by atoms with van der Waals surface area (Å²) in [7, 11) is 0. The molecule has 6 heteroatoms. The zero-order valence-electron chi connectivity index (χ0n) is 22.4. The Labute approximate surface area is 223 Å². The first-order valence-corrected chi connectivity index (χ1v) is 13.1. The second-order valence-corrected chi connectivity index (χ2v) is 11.0. The van der Waals surface area contributed by atoms with Crippen molar-refractivity contribution in [1.82, 2.24) is 19.7 Å². The SMILES string of the molecule is C=C(/C=C\C)C1C2(N)CN(C(=O)c3ncccc3C)CC12c1cc2cnn(-c3ccc(C)cc3)c2cc1C. The molecule has 2 aromatic heterocycles. The van der Waals surface area contributed by atoms with Gasteiger partial charge in [0.15, 0.2) is 0 Å². The van der Waals surface area contributed by atoms with Gasteiger partial charge in [0.1, 0.15) is 5.69 Å². The molecule has 1 aliphatic carbocycles. The number of rotatable bonds is 5. The third kappa shape index (κ3) is 3.33. The van der Waals surface area contributed by atoms with Gasteiger partial charge in [0.25, 0.3) is 5.91 Å². The van der Waals surface area contributed by atoms with E-state index in [2.05, 4.69) is 67.9 Å². The molecule has 4 aromatic rings. The van der Waals surface area contributed by atoms with E-state index in [0.29, 0.717) is 18.8 Å². The van der Waals surface area contributed by atoms with E-state index >= 15 is 0 Å². The summed E-state index contributed by atoms with van der Waals surface area (Å²) < 4.78 is 1.98. The fourth-order valence-corrected chi connectivity index (χ4v) is 6.77. The van der Waals surface area contributed by atoms with Crippen molar-refractivity contribution in [3.8, 4) is 5.69 Å². The lowest BCUT2D eigenvalue weighted by molar-refractivity contribution is 0.0756. The second-order valence-electron chi connectivity index (χ2n) is 11.0. The van der Waals surface area contributed by atoms with Gasteiger partial charge in [0.2, 0.25) is 0 Å². The van der Waals surface area contributed by atoms with Gasteiger partial charge in [-0.15, -0.1) is 0 Å². The number of nitrogens with zero attached hydrogens (tertiary/aromatic N) is 4. The maximum atomic E-state index is 13.6. The number of hydrogen-bond acceptors (Lipinski definition) is 4. The highest BCUT2D eigenvalue weighted by Gasteiger charge is 2.80. The van der Waals surface area contributed by atoms with E-state index in [1.54, 1.807) is 6.20 Å². The summed E-state index contributed by atoms with van der Waals surface area (Å²) in [5, 5.41) is 5.77. The van der Waals surface area contributed by atoms with Crippen LogP contribution < -0.4 is 5.73 Å². The molecule has 1 amide bonds. The van der Waals surface area contributed by atoms with Crippen molar-refractivity contribution in [2.75, 3.05) is 13.1 Å². The summed E-state index contributed by atoms with van der Waals surface area (Å²) in [4.78, 5) is 19.9. The molecule has 38 heavy (non-hydrogen) atoms. The molecule has 2 fully saturated rings. The van der Waals surface area contributed by atoms with Crippen LogP contribution in [0.15, 0.2) is 85.2 Å². The van der Waals surface area contributed by atoms with Crippen LogP contribution in [0.1, 0.15) is 39.7 Å². The fraction of sp³-hybridized carbons (Fsp3) is 0.281. The van der Waals surface area contributed by atoms with Crippen LogP contribution >= 0.6 is 0 Å². The molecule has 6 nitrogen and oxygen atoms in total. The lowest BCUT2D eigenvalue weighted by Gasteiger charge is -2.25. The zero-order chi connectivity index (χ0) is 26.8. The molecule has 0 spiro atoms. The van der Waals surface area contributed by atoms with Gasteiger partial charge < -0.3 is 10.6 Å². The van der Waals surface area contributed by atoms with Gasteiger partial charge >= 0.3 is 0 Å². The van der Waals surface area contributed by atoms with E-state index in [4.69, 9.17) is 10.8 Å².